The van der Waals surface area contributed by atoms with E-state index < -0.39 is 0 Å². The minimum absolute atomic E-state index is 0.548. The second kappa shape index (κ2) is 6.92. The maximum absolute atomic E-state index is 4.87. The Morgan fingerprint density at radius 3 is 2.81 bits per heavy atom. The number of anilines is 1. The molecule has 0 N–H and O–H groups in total. The average molecular weight is 366 g/mol. The van der Waals surface area contributed by atoms with E-state index in [1.807, 2.05) is 21.5 Å². The van der Waals surface area contributed by atoms with E-state index in [0.29, 0.717) is 5.92 Å². The molecule has 27 heavy (non-hydrogen) atoms. The van der Waals surface area contributed by atoms with Gasteiger partial charge in [0.05, 0.1) is 6.20 Å². The maximum Gasteiger partial charge on any atom is 0.178 e. The van der Waals surface area contributed by atoms with E-state index >= 15 is 0 Å². The number of aryl methyl sites for hydroxylation is 1. The highest BCUT2D eigenvalue weighted by molar-refractivity contribution is 5.46. The molecule has 4 heterocycles. The molecule has 2 fully saturated rings. The summed E-state index contributed by atoms with van der Waals surface area (Å²) in [6.45, 7) is 8.18. The first-order valence-corrected chi connectivity index (χ1v) is 10.0. The van der Waals surface area contributed by atoms with Gasteiger partial charge >= 0.3 is 0 Å². The molecule has 0 radical (unpaired) electrons. The summed E-state index contributed by atoms with van der Waals surface area (Å²) in [5.41, 5.74) is 2.15. The zero-order chi connectivity index (χ0) is 18.2. The van der Waals surface area contributed by atoms with E-state index in [1.54, 1.807) is 0 Å². The molecule has 0 amide bonds. The van der Waals surface area contributed by atoms with E-state index in [2.05, 4.69) is 44.3 Å². The lowest BCUT2D eigenvalue weighted by atomic mass is 10.3. The van der Waals surface area contributed by atoms with Gasteiger partial charge in [-0.25, -0.2) is 0 Å². The van der Waals surface area contributed by atoms with E-state index in [1.165, 1.54) is 18.4 Å². The van der Waals surface area contributed by atoms with Gasteiger partial charge in [0.25, 0.3) is 0 Å². The molecule has 5 rings (SSSR count). The zero-order valence-corrected chi connectivity index (χ0v) is 15.8. The molecule has 8 heteroatoms. The van der Waals surface area contributed by atoms with Crippen LogP contribution in [0.3, 0.4) is 0 Å². The van der Waals surface area contributed by atoms with Crippen LogP contribution in [0.4, 0.5) is 5.82 Å². The quantitative estimate of drug-likeness (QED) is 0.687. The third kappa shape index (κ3) is 3.41. The Bertz CT molecular complexity index is 925. The Morgan fingerprint density at radius 2 is 2.00 bits per heavy atom. The topological polar surface area (TPSA) is 67.4 Å². The first kappa shape index (κ1) is 16.7. The molecule has 1 saturated heterocycles. The lowest BCUT2D eigenvalue weighted by molar-refractivity contribution is 0.285. The SMILES string of the molecule is CCn1cc(CN2CCCN(c3ccc4nnc(C5CC5)n4n3)CC2)cn1. The Morgan fingerprint density at radius 1 is 1.07 bits per heavy atom. The molecule has 0 bridgehead atoms. The first-order chi connectivity index (χ1) is 13.3. The molecule has 0 aromatic carbocycles. The van der Waals surface area contributed by atoms with Crippen molar-refractivity contribution in [3.63, 3.8) is 0 Å². The van der Waals surface area contributed by atoms with Gasteiger partial charge in [-0.1, -0.05) is 0 Å². The summed E-state index contributed by atoms with van der Waals surface area (Å²) in [7, 11) is 0. The fourth-order valence-electron chi connectivity index (χ4n) is 3.84. The van der Waals surface area contributed by atoms with E-state index in [9.17, 15) is 0 Å². The maximum atomic E-state index is 4.87. The molecule has 1 saturated carbocycles. The third-order valence-corrected chi connectivity index (χ3v) is 5.54. The van der Waals surface area contributed by atoms with Crippen LogP contribution >= 0.6 is 0 Å². The van der Waals surface area contributed by atoms with Crippen molar-refractivity contribution >= 4 is 11.5 Å². The van der Waals surface area contributed by atoms with Crippen LogP contribution in [0, 0.1) is 0 Å². The summed E-state index contributed by atoms with van der Waals surface area (Å²) in [5.74, 6) is 2.60. The van der Waals surface area contributed by atoms with Gasteiger partial charge in [-0.2, -0.15) is 9.61 Å². The van der Waals surface area contributed by atoms with Crippen molar-refractivity contribution in [1.29, 1.82) is 0 Å². The second-order valence-electron chi connectivity index (χ2n) is 7.62. The van der Waals surface area contributed by atoms with Crippen molar-refractivity contribution in [1.82, 2.24) is 34.5 Å². The fraction of sp³-hybridized carbons (Fsp3) is 0.579. The minimum atomic E-state index is 0.548. The number of nitrogens with zero attached hydrogens (tertiary/aromatic N) is 8. The van der Waals surface area contributed by atoms with Crippen LogP contribution in [0.2, 0.25) is 0 Å². The molecule has 2 aliphatic rings. The molecule has 8 nitrogen and oxygen atoms in total. The van der Waals surface area contributed by atoms with Gasteiger partial charge in [0.1, 0.15) is 5.82 Å². The largest absolute Gasteiger partial charge is 0.354 e. The van der Waals surface area contributed by atoms with E-state index in [0.717, 1.165) is 63.0 Å². The van der Waals surface area contributed by atoms with Gasteiger partial charge in [0.15, 0.2) is 11.5 Å². The smallest absolute Gasteiger partial charge is 0.178 e. The highest BCUT2D eigenvalue weighted by atomic mass is 15.4. The number of rotatable bonds is 5. The summed E-state index contributed by atoms with van der Waals surface area (Å²) in [6.07, 6.45) is 7.70. The summed E-state index contributed by atoms with van der Waals surface area (Å²) >= 11 is 0. The Hall–Kier alpha value is -2.48. The highest BCUT2D eigenvalue weighted by Gasteiger charge is 2.29. The predicted molar refractivity (Wildman–Crippen MR) is 103 cm³/mol. The average Bonchev–Trinajstić information content (AvgIpc) is 3.36. The van der Waals surface area contributed by atoms with Crippen LogP contribution in [0.15, 0.2) is 24.5 Å². The Kier molecular flexibility index (Phi) is 4.27. The number of hydrogen-bond acceptors (Lipinski definition) is 6. The minimum Gasteiger partial charge on any atom is -0.354 e. The van der Waals surface area contributed by atoms with Crippen molar-refractivity contribution in [3.8, 4) is 0 Å². The molecule has 0 unspecified atom stereocenters. The van der Waals surface area contributed by atoms with Crippen LogP contribution in [0.1, 0.15) is 43.5 Å². The van der Waals surface area contributed by atoms with Gasteiger partial charge in [-0.3, -0.25) is 9.58 Å². The fourth-order valence-corrected chi connectivity index (χ4v) is 3.84. The zero-order valence-electron chi connectivity index (χ0n) is 15.8. The lowest BCUT2D eigenvalue weighted by Crippen LogP contribution is -2.31. The molecule has 3 aromatic heterocycles. The first-order valence-electron chi connectivity index (χ1n) is 10.0. The summed E-state index contributed by atoms with van der Waals surface area (Å²) in [5, 5.41) is 17.9. The van der Waals surface area contributed by atoms with Crippen LogP contribution < -0.4 is 4.90 Å². The molecule has 1 aliphatic heterocycles. The van der Waals surface area contributed by atoms with Crippen LogP contribution in [0.5, 0.6) is 0 Å². The third-order valence-electron chi connectivity index (χ3n) is 5.54. The van der Waals surface area contributed by atoms with Gasteiger partial charge in [0.2, 0.25) is 0 Å². The molecule has 0 spiro atoms. The molecular weight excluding hydrogens is 340 g/mol. The van der Waals surface area contributed by atoms with Crippen LogP contribution in [-0.2, 0) is 13.1 Å². The standard InChI is InChI=1S/C19H26N8/c1-2-26-14-15(12-20-26)13-24-8-3-9-25(11-10-24)18-7-6-17-21-22-19(16-4-5-16)27(17)23-18/h6-7,12,14,16H,2-5,8-11,13H2,1H3. The molecule has 3 aromatic rings. The number of hydrogen-bond donors (Lipinski definition) is 0. The van der Waals surface area contributed by atoms with Gasteiger partial charge < -0.3 is 4.90 Å². The Labute approximate surface area is 158 Å². The van der Waals surface area contributed by atoms with Crippen molar-refractivity contribution < 1.29 is 0 Å². The number of aromatic nitrogens is 6. The van der Waals surface area contributed by atoms with Crippen LogP contribution in [-0.4, -0.2) is 60.7 Å². The summed E-state index contributed by atoms with van der Waals surface area (Å²) in [6, 6.07) is 4.13. The molecule has 1 aliphatic carbocycles. The summed E-state index contributed by atoms with van der Waals surface area (Å²) in [4.78, 5) is 4.91. The van der Waals surface area contributed by atoms with Gasteiger partial charge in [-0.15, -0.1) is 15.3 Å². The lowest BCUT2D eigenvalue weighted by Gasteiger charge is -2.22. The monoisotopic (exact) mass is 366 g/mol. The van der Waals surface area contributed by atoms with Gasteiger partial charge in [-0.05, 0) is 38.3 Å². The van der Waals surface area contributed by atoms with Crippen LogP contribution in [0.25, 0.3) is 5.65 Å². The van der Waals surface area contributed by atoms with Crippen molar-refractivity contribution in [2.75, 3.05) is 31.1 Å². The van der Waals surface area contributed by atoms with Crippen molar-refractivity contribution in [2.24, 2.45) is 0 Å². The molecule has 0 atom stereocenters. The highest BCUT2D eigenvalue weighted by Crippen LogP contribution is 2.38. The van der Waals surface area contributed by atoms with E-state index in [-0.39, 0.29) is 0 Å². The predicted octanol–water partition coefficient (Wildman–Crippen LogP) is 1.93. The van der Waals surface area contributed by atoms with Gasteiger partial charge in [0, 0.05) is 56.9 Å². The summed E-state index contributed by atoms with van der Waals surface area (Å²) < 4.78 is 3.95. The second-order valence-corrected chi connectivity index (χ2v) is 7.62. The van der Waals surface area contributed by atoms with Crippen molar-refractivity contribution in [2.45, 2.75) is 45.2 Å². The van der Waals surface area contributed by atoms with E-state index in [4.69, 9.17) is 5.10 Å². The van der Waals surface area contributed by atoms with Crippen molar-refractivity contribution in [3.05, 3.63) is 35.9 Å². The molecule has 142 valence electrons. The Balaban J connectivity index is 1.29. The molecular formula is C19H26N8. The normalized spacial score (nSPS) is 18.9. The number of fused-ring (bicyclic) bond motifs is 1.